The monoisotopic (exact) mass is 283 g/mol. The number of rotatable bonds is 7. The lowest BCUT2D eigenvalue weighted by molar-refractivity contribution is 0.481. The van der Waals surface area contributed by atoms with Gasteiger partial charge in [0, 0.05) is 6.54 Å². The molecule has 1 N–H and O–H groups in total. The molecule has 0 saturated carbocycles. The minimum absolute atomic E-state index is 0.892. The molecule has 0 aromatic heterocycles. The molecule has 2 heteroatoms. The highest BCUT2D eigenvalue weighted by Gasteiger charge is 2.02. The summed E-state index contributed by atoms with van der Waals surface area (Å²) in [4.78, 5) is 0. The van der Waals surface area contributed by atoms with Crippen molar-refractivity contribution in [3.8, 4) is 11.5 Å². The van der Waals surface area contributed by atoms with Crippen LogP contribution >= 0.6 is 0 Å². The van der Waals surface area contributed by atoms with Crippen molar-refractivity contribution in [2.24, 2.45) is 0 Å². The van der Waals surface area contributed by atoms with Gasteiger partial charge in [0.2, 0.25) is 0 Å². The first-order chi connectivity index (χ1) is 10.2. The number of hydrogen-bond donors (Lipinski definition) is 1. The predicted molar refractivity (Wildman–Crippen MR) is 89.1 cm³/mol. The first kappa shape index (κ1) is 15.6. The summed E-state index contributed by atoms with van der Waals surface area (Å²) in [7, 11) is 0. The van der Waals surface area contributed by atoms with Crippen LogP contribution in [-0.4, -0.2) is 6.54 Å². The van der Waals surface area contributed by atoms with Gasteiger partial charge in [0.15, 0.2) is 0 Å². The van der Waals surface area contributed by atoms with Gasteiger partial charge in [-0.1, -0.05) is 32.0 Å². The fourth-order valence-corrected chi connectivity index (χ4v) is 2.26. The maximum atomic E-state index is 5.92. The SMILES string of the molecule is CCCNCc1ccc(Oc2ccc(CC)cc2)cc1C. The molecule has 0 spiro atoms. The van der Waals surface area contributed by atoms with Gasteiger partial charge < -0.3 is 10.1 Å². The highest BCUT2D eigenvalue weighted by molar-refractivity contribution is 5.38. The molecule has 112 valence electrons. The highest BCUT2D eigenvalue weighted by Crippen LogP contribution is 2.24. The van der Waals surface area contributed by atoms with Crippen LogP contribution in [0.15, 0.2) is 42.5 Å². The van der Waals surface area contributed by atoms with Gasteiger partial charge >= 0.3 is 0 Å². The van der Waals surface area contributed by atoms with Gasteiger partial charge in [-0.15, -0.1) is 0 Å². The van der Waals surface area contributed by atoms with E-state index >= 15 is 0 Å². The fourth-order valence-electron chi connectivity index (χ4n) is 2.26. The smallest absolute Gasteiger partial charge is 0.127 e. The van der Waals surface area contributed by atoms with E-state index in [4.69, 9.17) is 4.74 Å². The molecule has 0 amide bonds. The van der Waals surface area contributed by atoms with Crippen molar-refractivity contribution >= 4 is 0 Å². The molecule has 0 aliphatic heterocycles. The summed E-state index contributed by atoms with van der Waals surface area (Å²) in [5.41, 5.74) is 3.93. The third-order valence-corrected chi connectivity index (χ3v) is 3.62. The van der Waals surface area contributed by atoms with Gasteiger partial charge in [0.1, 0.15) is 11.5 Å². The Bertz CT molecular complexity index is 560. The maximum Gasteiger partial charge on any atom is 0.127 e. The number of nitrogens with one attached hydrogen (secondary N) is 1. The Kier molecular flexibility index (Phi) is 5.82. The lowest BCUT2D eigenvalue weighted by Gasteiger charge is -2.11. The summed E-state index contributed by atoms with van der Waals surface area (Å²) in [6.45, 7) is 8.45. The summed E-state index contributed by atoms with van der Waals surface area (Å²) in [6, 6.07) is 14.6. The van der Waals surface area contributed by atoms with Crippen LogP contribution < -0.4 is 10.1 Å². The molecule has 0 aliphatic rings. The van der Waals surface area contributed by atoms with Crippen LogP contribution in [0.5, 0.6) is 11.5 Å². The summed E-state index contributed by atoms with van der Waals surface area (Å²) in [6.07, 6.45) is 2.22. The van der Waals surface area contributed by atoms with E-state index in [0.29, 0.717) is 0 Å². The number of ether oxygens (including phenoxy) is 1. The number of hydrogen-bond acceptors (Lipinski definition) is 2. The molecule has 2 nitrogen and oxygen atoms in total. The molecule has 0 fully saturated rings. The molecule has 0 heterocycles. The van der Waals surface area contributed by atoms with Crippen molar-refractivity contribution in [1.82, 2.24) is 5.32 Å². The minimum Gasteiger partial charge on any atom is -0.457 e. The molecule has 2 rings (SSSR count). The summed E-state index contributed by atoms with van der Waals surface area (Å²) in [5, 5.41) is 3.43. The van der Waals surface area contributed by atoms with E-state index < -0.39 is 0 Å². The van der Waals surface area contributed by atoms with Crippen molar-refractivity contribution in [3.63, 3.8) is 0 Å². The Hall–Kier alpha value is -1.80. The molecular formula is C19H25NO. The van der Waals surface area contributed by atoms with Crippen molar-refractivity contribution in [3.05, 3.63) is 59.2 Å². The average molecular weight is 283 g/mol. The number of aryl methyl sites for hydroxylation is 2. The van der Waals surface area contributed by atoms with Gasteiger partial charge in [-0.25, -0.2) is 0 Å². The van der Waals surface area contributed by atoms with E-state index in [0.717, 1.165) is 37.4 Å². The van der Waals surface area contributed by atoms with Crippen LogP contribution in [-0.2, 0) is 13.0 Å². The van der Waals surface area contributed by atoms with E-state index in [2.05, 4.69) is 50.4 Å². The zero-order valence-corrected chi connectivity index (χ0v) is 13.3. The van der Waals surface area contributed by atoms with Crippen molar-refractivity contribution in [2.75, 3.05) is 6.54 Å². The Morgan fingerprint density at radius 1 is 0.952 bits per heavy atom. The minimum atomic E-state index is 0.892. The topological polar surface area (TPSA) is 21.3 Å². The molecule has 0 saturated heterocycles. The molecule has 0 aliphatic carbocycles. The van der Waals surface area contributed by atoms with Crippen LogP contribution in [0.1, 0.15) is 37.0 Å². The zero-order chi connectivity index (χ0) is 15.1. The Morgan fingerprint density at radius 3 is 2.29 bits per heavy atom. The molecule has 0 radical (unpaired) electrons. The standard InChI is InChI=1S/C19H25NO/c1-4-12-20-14-17-8-11-19(13-15(17)3)21-18-9-6-16(5-2)7-10-18/h6-11,13,20H,4-5,12,14H2,1-3H3. The molecule has 2 aromatic rings. The Morgan fingerprint density at radius 2 is 1.67 bits per heavy atom. The largest absolute Gasteiger partial charge is 0.457 e. The highest BCUT2D eigenvalue weighted by atomic mass is 16.5. The molecule has 2 aromatic carbocycles. The van der Waals surface area contributed by atoms with Crippen LogP contribution in [0, 0.1) is 6.92 Å². The van der Waals surface area contributed by atoms with Crippen LogP contribution in [0.4, 0.5) is 0 Å². The quantitative estimate of drug-likeness (QED) is 0.733. The third-order valence-electron chi connectivity index (χ3n) is 3.62. The Labute approximate surface area is 128 Å². The van der Waals surface area contributed by atoms with Gasteiger partial charge in [-0.3, -0.25) is 0 Å². The van der Waals surface area contributed by atoms with Crippen LogP contribution in [0.25, 0.3) is 0 Å². The molecule has 0 bridgehead atoms. The van der Waals surface area contributed by atoms with Gasteiger partial charge in [-0.05, 0) is 67.3 Å². The normalized spacial score (nSPS) is 10.6. The van der Waals surface area contributed by atoms with Crippen LogP contribution in [0.3, 0.4) is 0 Å². The first-order valence-electron chi connectivity index (χ1n) is 7.80. The maximum absolute atomic E-state index is 5.92. The van der Waals surface area contributed by atoms with E-state index in [1.165, 1.54) is 16.7 Å². The lowest BCUT2D eigenvalue weighted by atomic mass is 10.1. The summed E-state index contributed by atoms with van der Waals surface area (Å²) in [5.74, 6) is 1.79. The average Bonchev–Trinajstić information content (AvgIpc) is 2.50. The molecule has 0 atom stereocenters. The lowest BCUT2D eigenvalue weighted by Crippen LogP contribution is -2.14. The molecule has 0 unspecified atom stereocenters. The van der Waals surface area contributed by atoms with Crippen molar-refractivity contribution in [1.29, 1.82) is 0 Å². The van der Waals surface area contributed by atoms with Crippen LogP contribution in [0.2, 0.25) is 0 Å². The van der Waals surface area contributed by atoms with Crippen molar-refractivity contribution < 1.29 is 4.74 Å². The Balaban J connectivity index is 2.01. The number of benzene rings is 2. The van der Waals surface area contributed by atoms with E-state index in [1.54, 1.807) is 0 Å². The van der Waals surface area contributed by atoms with Gasteiger partial charge in [-0.2, -0.15) is 0 Å². The second-order valence-electron chi connectivity index (χ2n) is 5.36. The van der Waals surface area contributed by atoms with Gasteiger partial charge in [0.25, 0.3) is 0 Å². The van der Waals surface area contributed by atoms with E-state index in [9.17, 15) is 0 Å². The predicted octanol–water partition coefficient (Wildman–Crippen LogP) is 4.85. The molecular weight excluding hydrogens is 258 g/mol. The summed E-state index contributed by atoms with van der Waals surface area (Å²) >= 11 is 0. The molecule has 21 heavy (non-hydrogen) atoms. The first-order valence-corrected chi connectivity index (χ1v) is 7.80. The second-order valence-corrected chi connectivity index (χ2v) is 5.36. The summed E-state index contributed by atoms with van der Waals surface area (Å²) < 4.78 is 5.92. The van der Waals surface area contributed by atoms with E-state index in [1.807, 2.05) is 18.2 Å². The second kappa shape index (κ2) is 7.84. The van der Waals surface area contributed by atoms with Crippen molar-refractivity contribution in [2.45, 2.75) is 40.2 Å². The zero-order valence-electron chi connectivity index (χ0n) is 13.3. The van der Waals surface area contributed by atoms with E-state index in [-0.39, 0.29) is 0 Å². The van der Waals surface area contributed by atoms with Gasteiger partial charge in [0.05, 0.1) is 0 Å². The fraction of sp³-hybridized carbons (Fsp3) is 0.368. The third kappa shape index (κ3) is 4.61.